The lowest BCUT2D eigenvalue weighted by molar-refractivity contribution is 0.357. The highest BCUT2D eigenvalue weighted by Gasteiger charge is 2.19. The summed E-state index contributed by atoms with van der Waals surface area (Å²) in [6, 6.07) is 5.89. The zero-order valence-corrected chi connectivity index (χ0v) is 11.0. The van der Waals surface area contributed by atoms with Gasteiger partial charge in [0, 0.05) is 23.7 Å². The van der Waals surface area contributed by atoms with Crippen LogP contribution in [-0.4, -0.2) is 28.7 Å². The Bertz CT molecular complexity index is 762. The van der Waals surface area contributed by atoms with Crippen LogP contribution in [0.2, 0.25) is 0 Å². The number of nitrogens with one attached hydrogen (secondary N) is 1. The van der Waals surface area contributed by atoms with E-state index in [9.17, 15) is 0 Å². The number of hydrogen-bond acceptors (Lipinski definition) is 4. The van der Waals surface area contributed by atoms with Crippen LogP contribution in [-0.2, 0) is 6.42 Å². The maximum Gasteiger partial charge on any atom is 0.138 e. The molecule has 0 saturated heterocycles. The summed E-state index contributed by atoms with van der Waals surface area (Å²) < 4.78 is 11.1. The van der Waals surface area contributed by atoms with E-state index in [-0.39, 0.29) is 0 Å². The fraction of sp³-hybridized carbons (Fsp3) is 0.200. The van der Waals surface area contributed by atoms with Crippen molar-refractivity contribution < 1.29 is 9.47 Å². The summed E-state index contributed by atoms with van der Waals surface area (Å²) in [5.41, 5.74) is 3.91. The molecule has 3 aromatic rings. The highest BCUT2D eigenvalue weighted by atomic mass is 16.5. The van der Waals surface area contributed by atoms with Gasteiger partial charge in [0.25, 0.3) is 0 Å². The monoisotopic (exact) mass is 267 g/mol. The number of pyridine rings is 1. The summed E-state index contributed by atoms with van der Waals surface area (Å²) in [6.07, 6.45) is 4.40. The standard InChI is InChI=1S/C15H13N3O2/c1-19-13-6-9(7-14-10(13)3-5-20-14)15-17-11-2-4-16-8-12(11)18-15/h2,4,6-8H,3,5H2,1H3,(H,17,18). The molecule has 0 unspecified atom stereocenters. The third-order valence-electron chi connectivity index (χ3n) is 3.55. The smallest absolute Gasteiger partial charge is 0.138 e. The number of imidazole rings is 1. The molecule has 0 saturated carbocycles. The molecule has 1 aliphatic heterocycles. The van der Waals surface area contributed by atoms with E-state index < -0.39 is 0 Å². The highest BCUT2D eigenvalue weighted by Crippen LogP contribution is 2.37. The second-order valence-electron chi connectivity index (χ2n) is 4.73. The van der Waals surface area contributed by atoms with Crippen molar-refractivity contribution in [1.29, 1.82) is 0 Å². The first-order valence-corrected chi connectivity index (χ1v) is 6.49. The molecule has 1 N–H and O–H groups in total. The Balaban J connectivity index is 1.89. The third-order valence-corrected chi connectivity index (χ3v) is 3.55. The van der Waals surface area contributed by atoms with E-state index in [1.54, 1.807) is 19.5 Å². The molecule has 0 bridgehead atoms. The number of aromatic nitrogens is 3. The summed E-state index contributed by atoms with van der Waals surface area (Å²) in [4.78, 5) is 11.9. The summed E-state index contributed by atoms with van der Waals surface area (Å²) in [6.45, 7) is 0.708. The predicted octanol–water partition coefficient (Wildman–Crippen LogP) is 2.57. The number of benzene rings is 1. The van der Waals surface area contributed by atoms with Gasteiger partial charge >= 0.3 is 0 Å². The summed E-state index contributed by atoms with van der Waals surface area (Å²) in [7, 11) is 1.68. The quantitative estimate of drug-likeness (QED) is 0.775. The number of nitrogens with zero attached hydrogens (tertiary/aromatic N) is 2. The van der Waals surface area contributed by atoms with Crippen molar-refractivity contribution in [3.63, 3.8) is 0 Å². The number of H-pyrrole nitrogens is 1. The van der Waals surface area contributed by atoms with Gasteiger partial charge in [-0.1, -0.05) is 0 Å². The van der Waals surface area contributed by atoms with Crippen molar-refractivity contribution in [1.82, 2.24) is 15.0 Å². The lowest BCUT2D eigenvalue weighted by atomic mass is 10.1. The van der Waals surface area contributed by atoms with Crippen LogP contribution in [0.25, 0.3) is 22.4 Å². The van der Waals surface area contributed by atoms with Crippen molar-refractivity contribution in [3.05, 3.63) is 36.2 Å². The molecule has 0 amide bonds. The number of methoxy groups -OCH3 is 1. The second-order valence-corrected chi connectivity index (χ2v) is 4.73. The lowest BCUT2D eigenvalue weighted by Gasteiger charge is -2.08. The Morgan fingerprint density at radius 2 is 2.30 bits per heavy atom. The molecule has 5 nitrogen and oxygen atoms in total. The number of ether oxygens (including phenoxy) is 2. The Kier molecular flexibility index (Phi) is 2.39. The Morgan fingerprint density at radius 1 is 1.35 bits per heavy atom. The number of rotatable bonds is 2. The minimum atomic E-state index is 0.708. The van der Waals surface area contributed by atoms with E-state index in [2.05, 4.69) is 15.0 Å². The van der Waals surface area contributed by atoms with Gasteiger partial charge in [-0.2, -0.15) is 0 Å². The molecular formula is C15H13N3O2. The topological polar surface area (TPSA) is 60.0 Å². The molecular weight excluding hydrogens is 254 g/mol. The molecule has 1 aromatic carbocycles. The first-order valence-electron chi connectivity index (χ1n) is 6.49. The highest BCUT2D eigenvalue weighted by molar-refractivity contribution is 5.79. The van der Waals surface area contributed by atoms with Crippen LogP contribution in [0.1, 0.15) is 5.56 Å². The first-order chi connectivity index (χ1) is 9.85. The number of fused-ring (bicyclic) bond motifs is 2. The van der Waals surface area contributed by atoms with Crippen molar-refractivity contribution in [2.45, 2.75) is 6.42 Å². The minimum absolute atomic E-state index is 0.708. The van der Waals surface area contributed by atoms with Crippen LogP contribution in [0.15, 0.2) is 30.6 Å². The summed E-state index contributed by atoms with van der Waals surface area (Å²) in [5, 5.41) is 0. The Hall–Kier alpha value is -2.56. The van der Waals surface area contributed by atoms with Gasteiger partial charge in [-0.3, -0.25) is 4.98 Å². The molecule has 1 aliphatic rings. The van der Waals surface area contributed by atoms with Gasteiger partial charge in [-0.05, 0) is 18.2 Å². The molecule has 4 rings (SSSR count). The van der Waals surface area contributed by atoms with E-state index in [1.807, 2.05) is 18.2 Å². The van der Waals surface area contributed by atoms with Gasteiger partial charge in [-0.25, -0.2) is 4.98 Å². The van der Waals surface area contributed by atoms with Gasteiger partial charge in [0.15, 0.2) is 0 Å². The average molecular weight is 267 g/mol. The largest absolute Gasteiger partial charge is 0.496 e. The molecule has 20 heavy (non-hydrogen) atoms. The average Bonchev–Trinajstić information content (AvgIpc) is 3.12. The van der Waals surface area contributed by atoms with Crippen LogP contribution >= 0.6 is 0 Å². The zero-order chi connectivity index (χ0) is 13.5. The van der Waals surface area contributed by atoms with Crippen molar-refractivity contribution >= 4 is 11.0 Å². The van der Waals surface area contributed by atoms with Crippen LogP contribution < -0.4 is 9.47 Å². The van der Waals surface area contributed by atoms with E-state index in [4.69, 9.17) is 9.47 Å². The Labute approximate surface area is 115 Å². The molecule has 2 aromatic heterocycles. The van der Waals surface area contributed by atoms with E-state index in [0.29, 0.717) is 6.61 Å². The van der Waals surface area contributed by atoms with Crippen LogP contribution in [0, 0.1) is 0 Å². The van der Waals surface area contributed by atoms with E-state index in [0.717, 1.165) is 45.9 Å². The molecule has 0 fully saturated rings. The SMILES string of the molecule is COc1cc(-c2nc3ccncc3[nH]2)cc2c1CCO2. The maximum absolute atomic E-state index is 5.64. The van der Waals surface area contributed by atoms with Crippen LogP contribution in [0.3, 0.4) is 0 Å². The lowest BCUT2D eigenvalue weighted by Crippen LogP contribution is -1.91. The second kappa shape index (κ2) is 4.23. The zero-order valence-electron chi connectivity index (χ0n) is 11.0. The van der Waals surface area contributed by atoms with Gasteiger partial charge in [0.05, 0.1) is 30.9 Å². The molecule has 0 atom stereocenters. The predicted molar refractivity (Wildman–Crippen MR) is 75.1 cm³/mol. The third kappa shape index (κ3) is 1.63. The number of aromatic amines is 1. The Morgan fingerprint density at radius 3 is 3.15 bits per heavy atom. The van der Waals surface area contributed by atoms with E-state index in [1.165, 1.54) is 0 Å². The number of hydrogen-bond donors (Lipinski definition) is 1. The summed E-state index contributed by atoms with van der Waals surface area (Å²) in [5.74, 6) is 2.54. The van der Waals surface area contributed by atoms with Crippen molar-refractivity contribution in [3.8, 4) is 22.9 Å². The van der Waals surface area contributed by atoms with Gasteiger partial charge < -0.3 is 14.5 Å². The molecule has 100 valence electrons. The van der Waals surface area contributed by atoms with Crippen LogP contribution in [0.4, 0.5) is 0 Å². The van der Waals surface area contributed by atoms with Gasteiger partial charge in [-0.15, -0.1) is 0 Å². The molecule has 3 heterocycles. The normalized spacial score (nSPS) is 13.2. The summed E-state index contributed by atoms with van der Waals surface area (Å²) >= 11 is 0. The molecule has 5 heteroatoms. The van der Waals surface area contributed by atoms with Gasteiger partial charge in [0.2, 0.25) is 0 Å². The fourth-order valence-corrected chi connectivity index (χ4v) is 2.57. The maximum atomic E-state index is 5.64. The molecule has 0 spiro atoms. The van der Waals surface area contributed by atoms with Crippen molar-refractivity contribution in [2.24, 2.45) is 0 Å². The fourth-order valence-electron chi connectivity index (χ4n) is 2.57. The van der Waals surface area contributed by atoms with Crippen molar-refractivity contribution in [2.75, 3.05) is 13.7 Å². The first kappa shape index (κ1) is 11.3. The van der Waals surface area contributed by atoms with Crippen LogP contribution in [0.5, 0.6) is 11.5 Å². The minimum Gasteiger partial charge on any atom is -0.496 e. The molecule has 0 radical (unpaired) electrons. The van der Waals surface area contributed by atoms with Gasteiger partial charge in [0.1, 0.15) is 17.3 Å². The van der Waals surface area contributed by atoms with E-state index >= 15 is 0 Å². The molecule has 0 aliphatic carbocycles.